The van der Waals surface area contributed by atoms with Crippen molar-refractivity contribution < 1.29 is 9.82 Å². The molecule has 1 aliphatic rings. The molecule has 2 amide bonds. The number of hydrogen-bond donors (Lipinski definition) is 3. The highest BCUT2D eigenvalue weighted by molar-refractivity contribution is 6.69. The smallest absolute Gasteiger partial charge is 0.428 e. The Morgan fingerprint density at radius 2 is 2.33 bits per heavy atom. The maximum absolute atomic E-state index is 11.5. The summed E-state index contributed by atoms with van der Waals surface area (Å²) in [5, 5.41) is 12.6. The lowest BCUT2D eigenvalue weighted by Crippen LogP contribution is -2.57. The minimum Gasteiger partial charge on any atom is -0.428 e. The Bertz CT molecular complexity index is 410. The summed E-state index contributed by atoms with van der Waals surface area (Å²) in [5.74, 6) is 0. The molecule has 1 heterocycles. The van der Waals surface area contributed by atoms with Crippen molar-refractivity contribution in [3.8, 4) is 0 Å². The van der Waals surface area contributed by atoms with Gasteiger partial charge < -0.3 is 20.9 Å². The quantitative estimate of drug-likeness (QED) is 0.439. The minimum absolute atomic E-state index is 0.290. The molecule has 15 heavy (non-hydrogen) atoms. The Morgan fingerprint density at radius 1 is 1.60 bits per heavy atom. The van der Waals surface area contributed by atoms with Crippen molar-refractivity contribution in [1.29, 1.82) is 0 Å². The second-order valence-electron chi connectivity index (χ2n) is 3.44. The van der Waals surface area contributed by atoms with E-state index in [1.54, 1.807) is 25.1 Å². The Balaban J connectivity index is 2.46. The fourth-order valence-electron chi connectivity index (χ4n) is 1.69. The Morgan fingerprint density at radius 3 is 3.00 bits per heavy atom. The van der Waals surface area contributed by atoms with Gasteiger partial charge in [0.15, 0.2) is 0 Å². The number of nitrogens with zero attached hydrogens (tertiary/aromatic N) is 1. The van der Waals surface area contributed by atoms with E-state index in [-0.39, 0.29) is 6.03 Å². The van der Waals surface area contributed by atoms with Crippen LogP contribution in [0.3, 0.4) is 0 Å². The van der Waals surface area contributed by atoms with Crippen molar-refractivity contribution in [1.82, 2.24) is 4.81 Å². The molecule has 1 aromatic rings. The molecule has 0 bridgehead atoms. The number of nitrogens with two attached hydrogens (primary N) is 1. The maximum atomic E-state index is 11.5. The fraction of sp³-hybridized carbons (Fsp3) is 0.222. The Labute approximate surface area is 88.0 Å². The normalized spacial score (nSPS) is 14.9. The molecule has 0 saturated carbocycles. The zero-order chi connectivity index (χ0) is 11.0. The monoisotopic (exact) mass is 205 g/mol. The van der Waals surface area contributed by atoms with Crippen LogP contribution in [-0.4, -0.2) is 29.5 Å². The Kier molecular flexibility index (Phi) is 2.28. The first-order valence-corrected chi connectivity index (χ1v) is 4.78. The van der Waals surface area contributed by atoms with Crippen LogP contribution < -0.4 is 16.5 Å². The standard InChI is InChI=1S/C9H12BN3O2/c1-2-13-9(14)12-8-4-3-6(11)5-7(8)10(13)15/h3-5,15H,2,11H2,1H3,(H,12,14). The molecular weight excluding hydrogens is 193 g/mol. The van der Waals surface area contributed by atoms with Gasteiger partial charge in [-0.1, -0.05) is 0 Å². The van der Waals surface area contributed by atoms with Gasteiger partial charge in [-0.2, -0.15) is 0 Å². The lowest BCUT2D eigenvalue weighted by molar-refractivity contribution is 0.232. The summed E-state index contributed by atoms with van der Waals surface area (Å²) in [6.07, 6.45) is 0. The first-order valence-electron chi connectivity index (χ1n) is 4.78. The third-order valence-corrected chi connectivity index (χ3v) is 2.49. The predicted molar refractivity (Wildman–Crippen MR) is 59.9 cm³/mol. The molecular formula is C9H12BN3O2. The fourth-order valence-corrected chi connectivity index (χ4v) is 1.69. The van der Waals surface area contributed by atoms with Crippen LogP contribution in [0.25, 0.3) is 0 Å². The highest BCUT2D eigenvalue weighted by Gasteiger charge is 2.34. The third-order valence-electron chi connectivity index (χ3n) is 2.49. The number of carbonyl (C=O) groups is 1. The second kappa shape index (κ2) is 3.47. The van der Waals surface area contributed by atoms with Crippen LogP contribution in [0, 0.1) is 0 Å². The van der Waals surface area contributed by atoms with Crippen molar-refractivity contribution >= 4 is 29.9 Å². The molecule has 78 valence electrons. The zero-order valence-corrected chi connectivity index (χ0v) is 8.40. The van der Waals surface area contributed by atoms with Crippen LogP contribution in [0.2, 0.25) is 0 Å². The molecule has 0 atom stereocenters. The van der Waals surface area contributed by atoms with Gasteiger partial charge in [0.2, 0.25) is 0 Å². The summed E-state index contributed by atoms with van der Waals surface area (Å²) in [5.41, 5.74) is 7.45. The van der Waals surface area contributed by atoms with Gasteiger partial charge in [0, 0.05) is 23.4 Å². The van der Waals surface area contributed by atoms with E-state index >= 15 is 0 Å². The van der Waals surface area contributed by atoms with Crippen LogP contribution >= 0.6 is 0 Å². The average Bonchev–Trinajstić information content (AvgIpc) is 2.20. The molecule has 0 aromatic heterocycles. The number of amides is 2. The van der Waals surface area contributed by atoms with E-state index in [0.717, 1.165) is 0 Å². The van der Waals surface area contributed by atoms with Gasteiger partial charge >= 0.3 is 13.1 Å². The van der Waals surface area contributed by atoms with Crippen LogP contribution in [0.5, 0.6) is 0 Å². The summed E-state index contributed by atoms with van der Waals surface area (Å²) < 4.78 is 0. The summed E-state index contributed by atoms with van der Waals surface area (Å²) in [6.45, 7) is 2.25. The van der Waals surface area contributed by atoms with Crippen molar-refractivity contribution in [2.75, 3.05) is 17.6 Å². The van der Waals surface area contributed by atoms with Gasteiger partial charge in [-0.05, 0) is 25.1 Å². The molecule has 0 aliphatic carbocycles. The molecule has 0 radical (unpaired) electrons. The van der Waals surface area contributed by atoms with E-state index in [0.29, 0.717) is 23.4 Å². The number of urea groups is 1. The number of fused-ring (bicyclic) bond motifs is 1. The summed E-state index contributed by atoms with van der Waals surface area (Å²) >= 11 is 0. The molecule has 0 fully saturated rings. The second-order valence-corrected chi connectivity index (χ2v) is 3.44. The number of anilines is 2. The first-order chi connectivity index (χ1) is 7.13. The Hall–Kier alpha value is -1.69. The van der Waals surface area contributed by atoms with Crippen molar-refractivity contribution in [2.45, 2.75) is 6.92 Å². The molecule has 1 aromatic carbocycles. The molecule has 6 heteroatoms. The highest BCUT2D eigenvalue weighted by atomic mass is 16.2. The van der Waals surface area contributed by atoms with Gasteiger partial charge in [0.1, 0.15) is 0 Å². The topological polar surface area (TPSA) is 78.6 Å². The van der Waals surface area contributed by atoms with Crippen molar-refractivity contribution in [3.63, 3.8) is 0 Å². The number of hydrogen-bond acceptors (Lipinski definition) is 3. The van der Waals surface area contributed by atoms with Crippen LogP contribution in [0.1, 0.15) is 6.92 Å². The highest BCUT2D eigenvalue weighted by Crippen LogP contribution is 2.15. The minimum atomic E-state index is -0.915. The molecule has 1 aliphatic heterocycles. The van der Waals surface area contributed by atoms with Crippen molar-refractivity contribution in [3.05, 3.63) is 18.2 Å². The lowest BCUT2D eigenvalue weighted by atomic mass is 9.69. The molecule has 0 spiro atoms. The largest absolute Gasteiger partial charge is 0.455 e. The number of carbonyl (C=O) groups excluding carboxylic acids is 1. The van der Waals surface area contributed by atoms with Crippen LogP contribution in [-0.2, 0) is 0 Å². The van der Waals surface area contributed by atoms with E-state index in [9.17, 15) is 9.82 Å². The van der Waals surface area contributed by atoms with Crippen LogP contribution in [0.4, 0.5) is 16.2 Å². The lowest BCUT2D eigenvalue weighted by Gasteiger charge is -2.30. The molecule has 2 rings (SSSR count). The van der Waals surface area contributed by atoms with Gasteiger partial charge in [0.05, 0.1) is 0 Å². The first kappa shape index (κ1) is 9.85. The van der Waals surface area contributed by atoms with E-state index in [4.69, 9.17) is 5.73 Å². The molecule has 0 unspecified atom stereocenters. The predicted octanol–water partition coefficient (Wildman–Crippen LogP) is -0.176. The van der Waals surface area contributed by atoms with Crippen LogP contribution in [0.15, 0.2) is 18.2 Å². The van der Waals surface area contributed by atoms with Gasteiger partial charge in [-0.3, -0.25) is 0 Å². The number of nitrogens with one attached hydrogen (secondary N) is 1. The van der Waals surface area contributed by atoms with Crippen molar-refractivity contribution in [2.24, 2.45) is 0 Å². The number of nitrogen functional groups attached to an aromatic ring is 1. The maximum Gasteiger partial charge on any atom is 0.455 e. The average molecular weight is 205 g/mol. The SMILES string of the molecule is CCN1B(O)c2cc(N)ccc2NC1=O. The van der Waals surface area contributed by atoms with Gasteiger partial charge in [0.25, 0.3) is 0 Å². The molecule has 5 nitrogen and oxygen atoms in total. The molecule has 4 N–H and O–H groups in total. The summed E-state index contributed by atoms with van der Waals surface area (Å²) in [6, 6.07) is 4.76. The third kappa shape index (κ3) is 1.52. The van der Waals surface area contributed by atoms with E-state index in [1.165, 1.54) is 4.81 Å². The number of rotatable bonds is 1. The zero-order valence-electron chi connectivity index (χ0n) is 8.40. The van der Waals surface area contributed by atoms with E-state index < -0.39 is 7.05 Å². The van der Waals surface area contributed by atoms with E-state index in [1.807, 2.05) is 0 Å². The number of benzene rings is 1. The van der Waals surface area contributed by atoms with Gasteiger partial charge in [-0.15, -0.1) is 0 Å². The van der Waals surface area contributed by atoms with Gasteiger partial charge in [-0.25, -0.2) is 4.79 Å². The van der Waals surface area contributed by atoms with E-state index in [2.05, 4.69) is 5.32 Å². The summed E-state index contributed by atoms with van der Waals surface area (Å²) in [7, 11) is -0.915. The summed E-state index contributed by atoms with van der Waals surface area (Å²) in [4.78, 5) is 12.8. The molecule has 0 saturated heterocycles.